The molecule has 1 aromatic heterocycles. The zero-order valence-corrected chi connectivity index (χ0v) is 19.4. The Balaban J connectivity index is 1.54. The summed E-state index contributed by atoms with van der Waals surface area (Å²) in [7, 11) is 0. The average molecular weight is 439 g/mol. The number of fused-ring (bicyclic) bond motifs is 1. The highest BCUT2D eigenvalue weighted by atomic mass is 16.5. The third-order valence-electron chi connectivity index (χ3n) is 6.34. The van der Waals surface area contributed by atoms with Crippen LogP contribution in [0.1, 0.15) is 57.6 Å². The molecule has 3 N–H and O–H groups in total. The number of carbonyl (C=O) groups excluding carboxylic acids is 1. The number of aromatic nitrogens is 2. The second kappa shape index (κ2) is 9.32. The molecule has 2 aromatic rings. The van der Waals surface area contributed by atoms with E-state index in [1.165, 1.54) is 18.4 Å². The van der Waals surface area contributed by atoms with Crippen molar-refractivity contribution in [1.29, 1.82) is 0 Å². The van der Waals surface area contributed by atoms with E-state index in [2.05, 4.69) is 65.2 Å². The molecular formula is C24H34N6O2. The minimum absolute atomic E-state index is 0.123. The van der Waals surface area contributed by atoms with E-state index in [0.717, 1.165) is 31.5 Å². The normalized spacial score (nSPS) is 17.8. The number of anilines is 3. The van der Waals surface area contributed by atoms with Crippen LogP contribution in [0.2, 0.25) is 0 Å². The van der Waals surface area contributed by atoms with Gasteiger partial charge in [0.15, 0.2) is 11.6 Å². The first-order valence-corrected chi connectivity index (χ1v) is 11.5. The quantitative estimate of drug-likeness (QED) is 0.608. The zero-order chi connectivity index (χ0) is 22.7. The van der Waals surface area contributed by atoms with Gasteiger partial charge in [0.05, 0.1) is 13.2 Å². The number of ether oxygens (including phenoxy) is 1. The van der Waals surface area contributed by atoms with E-state index in [0.29, 0.717) is 24.7 Å². The van der Waals surface area contributed by atoms with Crippen molar-refractivity contribution in [2.75, 3.05) is 35.6 Å². The summed E-state index contributed by atoms with van der Waals surface area (Å²) in [6, 6.07) is 8.83. The Kier molecular flexibility index (Phi) is 6.50. The van der Waals surface area contributed by atoms with Crippen LogP contribution in [0.4, 0.5) is 17.3 Å². The van der Waals surface area contributed by atoms with Crippen LogP contribution in [-0.2, 0) is 17.9 Å². The number of carbonyl (C=O) groups is 1. The van der Waals surface area contributed by atoms with Gasteiger partial charge in [-0.1, -0.05) is 37.6 Å². The fourth-order valence-electron chi connectivity index (χ4n) is 4.45. The van der Waals surface area contributed by atoms with E-state index < -0.39 is 0 Å². The van der Waals surface area contributed by atoms with Gasteiger partial charge in [0.1, 0.15) is 5.69 Å². The van der Waals surface area contributed by atoms with Gasteiger partial charge in [-0.15, -0.1) is 0 Å². The molecule has 8 nitrogen and oxygen atoms in total. The molecule has 2 aliphatic heterocycles. The second-order valence-electron chi connectivity index (χ2n) is 9.35. The Morgan fingerprint density at radius 3 is 2.72 bits per heavy atom. The van der Waals surface area contributed by atoms with Crippen LogP contribution < -0.4 is 20.7 Å². The van der Waals surface area contributed by atoms with E-state index >= 15 is 0 Å². The van der Waals surface area contributed by atoms with Gasteiger partial charge < -0.3 is 20.7 Å². The van der Waals surface area contributed by atoms with Crippen molar-refractivity contribution in [3.8, 4) is 6.01 Å². The molecule has 1 aromatic carbocycles. The topological polar surface area (TPSA) is 96.6 Å². The number of nitrogens with two attached hydrogens (primary N) is 1. The van der Waals surface area contributed by atoms with Gasteiger partial charge >= 0.3 is 6.01 Å². The first kappa shape index (κ1) is 22.3. The summed E-state index contributed by atoms with van der Waals surface area (Å²) in [4.78, 5) is 25.6. The van der Waals surface area contributed by atoms with Crippen LogP contribution in [0, 0.1) is 0 Å². The number of nitrogen functional groups attached to an aromatic ring is 1. The highest BCUT2D eigenvalue weighted by molar-refractivity contribution is 6.03. The van der Waals surface area contributed by atoms with Crippen molar-refractivity contribution in [2.45, 2.75) is 65.1 Å². The standard InChI is InChI=1S/C24H34N6O2/c1-4-5-12-32-23-27-21(25)20-22(28-23)29(16-19(31)26-20)14-17-8-6-9-18(13-17)15-30-11-7-10-24(30,2)3/h6,8-9,13H,4-5,7,10-12,14-16H2,1-3H3,(H,26,31)(H2,25,27,28). The van der Waals surface area contributed by atoms with Gasteiger partial charge in [-0.25, -0.2) is 0 Å². The first-order valence-electron chi connectivity index (χ1n) is 11.5. The van der Waals surface area contributed by atoms with Gasteiger partial charge in [0, 0.05) is 18.6 Å². The van der Waals surface area contributed by atoms with Crippen LogP contribution in [0.15, 0.2) is 24.3 Å². The first-order chi connectivity index (χ1) is 15.4. The fourth-order valence-corrected chi connectivity index (χ4v) is 4.45. The van der Waals surface area contributed by atoms with Crippen LogP contribution in [-0.4, -0.2) is 46.0 Å². The van der Waals surface area contributed by atoms with E-state index in [1.54, 1.807) is 0 Å². The molecule has 0 atom stereocenters. The van der Waals surface area contributed by atoms with Crippen molar-refractivity contribution < 1.29 is 9.53 Å². The Bertz CT molecular complexity index is 977. The van der Waals surface area contributed by atoms with Crippen molar-refractivity contribution in [2.24, 2.45) is 0 Å². The van der Waals surface area contributed by atoms with Gasteiger partial charge in [-0.3, -0.25) is 9.69 Å². The lowest BCUT2D eigenvalue weighted by Gasteiger charge is -2.32. The Hall–Kier alpha value is -2.87. The van der Waals surface area contributed by atoms with Crippen LogP contribution >= 0.6 is 0 Å². The van der Waals surface area contributed by atoms with Gasteiger partial charge in [0.2, 0.25) is 5.91 Å². The van der Waals surface area contributed by atoms with E-state index in [9.17, 15) is 4.79 Å². The minimum atomic E-state index is -0.123. The molecule has 0 unspecified atom stereocenters. The number of nitrogens with zero attached hydrogens (tertiary/aromatic N) is 4. The molecular weight excluding hydrogens is 404 g/mol. The number of rotatable bonds is 8. The monoisotopic (exact) mass is 438 g/mol. The van der Waals surface area contributed by atoms with Crippen LogP contribution in [0.3, 0.4) is 0 Å². The highest BCUT2D eigenvalue weighted by Crippen LogP contribution is 2.34. The lowest BCUT2D eigenvalue weighted by atomic mass is 10.0. The molecule has 172 valence electrons. The highest BCUT2D eigenvalue weighted by Gasteiger charge is 2.32. The second-order valence-corrected chi connectivity index (χ2v) is 9.35. The zero-order valence-electron chi connectivity index (χ0n) is 19.4. The number of hydrogen-bond acceptors (Lipinski definition) is 7. The molecule has 0 aliphatic carbocycles. The smallest absolute Gasteiger partial charge is 0.320 e. The molecule has 1 fully saturated rings. The summed E-state index contributed by atoms with van der Waals surface area (Å²) >= 11 is 0. The molecule has 32 heavy (non-hydrogen) atoms. The predicted molar refractivity (Wildman–Crippen MR) is 127 cm³/mol. The number of amides is 1. The molecule has 4 rings (SSSR count). The number of likely N-dealkylation sites (tertiary alicyclic amines) is 1. The molecule has 0 bridgehead atoms. The van der Waals surface area contributed by atoms with Crippen molar-refractivity contribution in [3.63, 3.8) is 0 Å². The summed E-state index contributed by atoms with van der Waals surface area (Å²) in [6.07, 6.45) is 4.42. The number of hydrogen-bond donors (Lipinski definition) is 2. The maximum atomic E-state index is 12.3. The van der Waals surface area contributed by atoms with Crippen LogP contribution in [0.25, 0.3) is 0 Å². The summed E-state index contributed by atoms with van der Waals surface area (Å²) in [6.45, 7) is 10.1. The van der Waals surface area contributed by atoms with Crippen LogP contribution in [0.5, 0.6) is 6.01 Å². The number of benzene rings is 1. The summed E-state index contributed by atoms with van der Waals surface area (Å²) in [5.41, 5.74) is 9.24. The SMILES string of the molecule is CCCCOc1nc(N)c2c(n1)N(Cc1cccc(CN3CCCC3(C)C)c1)CC(=O)N2. The Morgan fingerprint density at radius 2 is 2.00 bits per heavy atom. The predicted octanol–water partition coefficient (Wildman–Crippen LogP) is 3.57. The lowest BCUT2D eigenvalue weighted by molar-refractivity contribution is -0.115. The molecule has 1 amide bonds. The minimum Gasteiger partial charge on any atom is -0.463 e. The van der Waals surface area contributed by atoms with Gasteiger partial charge in [0.25, 0.3) is 0 Å². The number of nitrogens with one attached hydrogen (secondary N) is 1. The third kappa shape index (κ3) is 4.96. The third-order valence-corrected chi connectivity index (χ3v) is 6.34. The Morgan fingerprint density at radius 1 is 1.22 bits per heavy atom. The summed E-state index contributed by atoms with van der Waals surface area (Å²) < 4.78 is 5.68. The van der Waals surface area contributed by atoms with Gasteiger partial charge in [-0.2, -0.15) is 9.97 Å². The average Bonchev–Trinajstić information content (AvgIpc) is 3.07. The number of unbranched alkanes of at least 4 members (excludes halogenated alkanes) is 1. The van der Waals surface area contributed by atoms with Crippen molar-refractivity contribution in [1.82, 2.24) is 14.9 Å². The summed E-state index contributed by atoms with van der Waals surface area (Å²) in [5, 5.41) is 2.81. The Labute approximate surface area is 190 Å². The molecule has 0 spiro atoms. The maximum absolute atomic E-state index is 12.3. The molecule has 2 aliphatic rings. The van der Waals surface area contributed by atoms with E-state index in [1.807, 2.05) is 4.90 Å². The lowest BCUT2D eigenvalue weighted by Crippen LogP contribution is -2.39. The van der Waals surface area contributed by atoms with E-state index in [-0.39, 0.29) is 29.8 Å². The summed E-state index contributed by atoms with van der Waals surface area (Å²) in [5.74, 6) is 0.710. The molecule has 0 radical (unpaired) electrons. The molecule has 1 saturated heterocycles. The fraction of sp³-hybridized carbons (Fsp3) is 0.542. The molecule has 0 saturated carbocycles. The molecule has 8 heteroatoms. The van der Waals surface area contributed by atoms with E-state index in [4.69, 9.17) is 10.5 Å². The van der Waals surface area contributed by atoms with Gasteiger partial charge in [-0.05, 0) is 50.8 Å². The molecule has 3 heterocycles. The van der Waals surface area contributed by atoms with Crippen molar-refractivity contribution in [3.05, 3.63) is 35.4 Å². The maximum Gasteiger partial charge on any atom is 0.320 e. The largest absolute Gasteiger partial charge is 0.463 e. The van der Waals surface area contributed by atoms with Crippen molar-refractivity contribution >= 4 is 23.2 Å².